The minimum Gasteiger partial charge on any atom is -0.336 e. The number of aromatic nitrogens is 2. The van der Waals surface area contributed by atoms with Crippen molar-refractivity contribution in [3.63, 3.8) is 0 Å². The van der Waals surface area contributed by atoms with Crippen LogP contribution in [0, 0.1) is 5.82 Å². The first kappa shape index (κ1) is 15.7. The SMILES string of the molecule is CCc1c(C(=O)N2CCN(C)CC2)cnn1-c1ccc(F)cc1. The van der Waals surface area contributed by atoms with Crippen LogP contribution >= 0.6 is 0 Å². The number of hydrogen-bond donors (Lipinski definition) is 0. The lowest BCUT2D eigenvalue weighted by Crippen LogP contribution is -2.47. The van der Waals surface area contributed by atoms with E-state index in [1.807, 2.05) is 11.8 Å². The molecule has 0 saturated carbocycles. The van der Waals surface area contributed by atoms with Crippen LogP contribution in [-0.2, 0) is 6.42 Å². The standard InChI is InChI=1S/C17H21FN4O/c1-3-16-15(17(23)21-10-8-20(2)9-11-21)12-19-22(16)14-6-4-13(18)5-7-14/h4-7,12H,3,8-11H2,1-2H3. The first-order valence-corrected chi connectivity index (χ1v) is 7.90. The lowest BCUT2D eigenvalue weighted by atomic mass is 10.1. The molecule has 1 saturated heterocycles. The summed E-state index contributed by atoms with van der Waals surface area (Å²) < 4.78 is 14.8. The number of nitrogens with zero attached hydrogens (tertiary/aromatic N) is 4. The van der Waals surface area contributed by atoms with E-state index in [-0.39, 0.29) is 11.7 Å². The Kier molecular flexibility index (Phi) is 4.43. The van der Waals surface area contributed by atoms with Crippen LogP contribution < -0.4 is 0 Å². The normalized spacial score (nSPS) is 15.9. The van der Waals surface area contributed by atoms with Crippen LogP contribution in [0.3, 0.4) is 0 Å². The molecule has 23 heavy (non-hydrogen) atoms. The molecular weight excluding hydrogens is 295 g/mol. The highest BCUT2D eigenvalue weighted by molar-refractivity contribution is 5.95. The molecule has 6 heteroatoms. The van der Waals surface area contributed by atoms with Crippen molar-refractivity contribution in [2.75, 3.05) is 33.2 Å². The Morgan fingerprint density at radius 3 is 2.43 bits per heavy atom. The molecule has 2 aromatic rings. The highest BCUT2D eigenvalue weighted by Gasteiger charge is 2.24. The molecular formula is C17H21FN4O. The fraction of sp³-hybridized carbons (Fsp3) is 0.412. The number of likely N-dealkylation sites (N-methyl/N-ethyl adjacent to an activating group) is 1. The van der Waals surface area contributed by atoms with Crippen LogP contribution in [0.2, 0.25) is 0 Å². The number of hydrogen-bond acceptors (Lipinski definition) is 3. The molecule has 1 aliphatic heterocycles. The first-order chi connectivity index (χ1) is 11.1. The molecule has 0 aliphatic carbocycles. The Labute approximate surface area is 135 Å². The van der Waals surface area contributed by atoms with Crippen LogP contribution in [0.5, 0.6) is 0 Å². The van der Waals surface area contributed by atoms with Gasteiger partial charge in [0, 0.05) is 26.2 Å². The topological polar surface area (TPSA) is 41.4 Å². The highest BCUT2D eigenvalue weighted by Crippen LogP contribution is 2.18. The van der Waals surface area contributed by atoms with Crippen molar-refractivity contribution in [3.05, 3.63) is 47.5 Å². The first-order valence-electron chi connectivity index (χ1n) is 7.90. The second-order valence-corrected chi connectivity index (χ2v) is 5.84. The smallest absolute Gasteiger partial charge is 0.257 e. The lowest BCUT2D eigenvalue weighted by molar-refractivity contribution is 0.0663. The van der Waals surface area contributed by atoms with Gasteiger partial charge in [-0.05, 0) is 37.7 Å². The fourth-order valence-electron chi connectivity index (χ4n) is 2.88. The van der Waals surface area contributed by atoms with Crippen molar-refractivity contribution in [3.8, 4) is 5.69 Å². The minimum atomic E-state index is -0.285. The van der Waals surface area contributed by atoms with Gasteiger partial charge < -0.3 is 9.80 Å². The second-order valence-electron chi connectivity index (χ2n) is 5.84. The molecule has 122 valence electrons. The van der Waals surface area contributed by atoms with Crippen LogP contribution in [0.1, 0.15) is 23.0 Å². The van der Waals surface area contributed by atoms with E-state index < -0.39 is 0 Å². The maximum atomic E-state index is 13.1. The average molecular weight is 316 g/mol. The minimum absolute atomic E-state index is 0.0308. The van der Waals surface area contributed by atoms with Crippen LogP contribution in [0.15, 0.2) is 30.5 Å². The van der Waals surface area contributed by atoms with Crippen molar-refractivity contribution >= 4 is 5.91 Å². The van der Waals surface area contributed by atoms with Crippen molar-refractivity contribution in [1.29, 1.82) is 0 Å². The molecule has 0 spiro atoms. The summed E-state index contributed by atoms with van der Waals surface area (Å²) in [6.07, 6.45) is 2.31. The van der Waals surface area contributed by atoms with E-state index in [4.69, 9.17) is 0 Å². The van der Waals surface area contributed by atoms with Gasteiger partial charge in [0.25, 0.3) is 5.91 Å². The van der Waals surface area contributed by atoms with Crippen LogP contribution in [0.25, 0.3) is 5.69 Å². The van der Waals surface area contributed by atoms with Crippen molar-refractivity contribution < 1.29 is 9.18 Å². The number of piperazine rings is 1. The van der Waals surface area contributed by atoms with E-state index in [9.17, 15) is 9.18 Å². The van der Waals surface area contributed by atoms with Crippen molar-refractivity contribution in [2.45, 2.75) is 13.3 Å². The van der Waals surface area contributed by atoms with E-state index in [1.165, 1.54) is 12.1 Å². The number of halogens is 1. The molecule has 1 aromatic carbocycles. The summed E-state index contributed by atoms with van der Waals surface area (Å²) in [5.74, 6) is -0.254. The number of benzene rings is 1. The summed E-state index contributed by atoms with van der Waals surface area (Å²) in [5, 5.41) is 4.35. The van der Waals surface area contributed by atoms with E-state index in [2.05, 4.69) is 17.0 Å². The van der Waals surface area contributed by atoms with Gasteiger partial charge in [-0.15, -0.1) is 0 Å². The summed E-state index contributed by atoms with van der Waals surface area (Å²) >= 11 is 0. The van der Waals surface area contributed by atoms with Crippen LogP contribution in [0.4, 0.5) is 4.39 Å². The molecule has 5 nitrogen and oxygen atoms in total. The van der Waals surface area contributed by atoms with Crippen LogP contribution in [-0.4, -0.2) is 58.7 Å². The third-order valence-electron chi connectivity index (χ3n) is 4.30. The zero-order valence-electron chi connectivity index (χ0n) is 13.5. The van der Waals surface area contributed by atoms with E-state index in [0.29, 0.717) is 12.0 Å². The second kappa shape index (κ2) is 6.50. The Hall–Kier alpha value is -2.21. The Morgan fingerprint density at radius 1 is 1.17 bits per heavy atom. The maximum absolute atomic E-state index is 13.1. The van der Waals surface area contributed by atoms with E-state index in [0.717, 1.165) is 37.6 Å². The number of carbonyl (C=O) groups is 1. The molecule has 0 radical (unpaired) electrons. The molecule has 0 unspecified atom stereocenters. The summed E-state index contributed by atoms with van der Waals surface area (Å²) in [6.45, 7) is 5.25. The fourth-order valence-corrected chi connectivity index (χ4v) is 2.88. The number of amides is 1. The molecule has 0 bridgehead atoms. The Balaban J connectivity index is 1.89. The van der Waals surface area contributed by atoms with Crippen molar-refractivity contribution in [2.24, 2.45) is 0 Å². The third-order valence-corrected chi connectivity index (χ3v) is 4.30. The van der Waals surface area contributed by atoms with Gasteiger partial charge in [-0.1, -0.05) is 6.92 Å². The molecule has 3 rings (SSSR count). The lowest BCUT2D eigenvalue weighted by Gasteiger charge is -2.32. The van der Waals surface area contributed by atoms with Gasteiger partial charge in [-0.2, -0.15) is 5.10 Å². The monoisotopic (exact) mass is 316 g/mol. The highest BCUT2D eigenvalue weighted by atomic mass is 19.1. The number of rotatable bonds is 3. The summed E-state index contributed by atoms with van der Waals surface area (Å²) in [4.78, 5) is 16.9. The van der Waals surface area contributed by atoms with Gasteiger partial charge in [0.1, 0.15) is 5.82 Å². The van der Waals surface area contributed by atoms with Gasteiger partial charge in [0.15, 0.2) is 0 Å². The molecule has 1 amide bonds. The zero-order chi connectivity index (χ0) is 16.4. The summed E-state index contributed by atoms with van der Waals surface area (Å²) in [6, 6.07) is 6.15. The molecule has 1 aliphatic rings. The number of carbonyl (C=O) groups excluding carboxylic acids is 1. The van der Waals surface area contributed by atoms with Gasteiger partial charge in [0.05, 0.1) is 23.1 Å². The molecule has 1 fully saturated rings. The molecule has 2 heterocycles. The molecule has 1 aromatic heterocycles. The summed E-state index contributed by atoms with van der Waals surface area (Å²) in [5.41, 5.74) is 2.27. The predicted molar refractivity (Wildman–Crippen MR) is 86.3 cm³/mol. The van der Waals surface area contributed by atoms with Gasteiger partial charge in [-0.3, -0.25) is 4.79 Å². The largest absolute Gasteiger partial charge is 0.336 e. The zero-order valence-corrected chi connectivity index (χ0v) is 13.5. The van der Waals surface area contributed by atoms with E-state index >= 15 is 0 Å². The molecule has 0 atom stereocenters. The Morgan fingerprint density at radius 2 is 1.83 bits per heavy atom. The molecule has 0 N–H and O–H groups in total. The van der Waals surface area contributed by atoms with Gasteiger partial charge in [0.2, 0.25) is 0 Å². The quantitative estimate of drug-likeness (QED) is 0.869. The van der Waals surface area contributed by atoms with Gasteiger partial charge in [-0.25, -0.2) is 9.07 Å². The van der Waals surface area contributed by atoms with E-state index in [1.54, 1.807) is 23.0 Å². The summed E-state index contributed by atoms with van der Waals surface area (Å²) in [7, 11) is 2.06. The predicted octanol–water partition coefficient (Wildman–Crippen LogP) is 1.96. The maximum Gasteiger partial charge on any atom is 0.257 e. The average Bonchev–Trinajstić information content (AvgIpc) is 2.99. The Bertz CT molecular complexity index is 687. The third kappa shape index (κ3) is 3.12. The van der Waals surface area contributed by atoms with Crippen molar-refractivity contribution in [1.82, 2.24) is 19.6 Å². The van der Waals surface area contributed by atoms with Gasteiger partial charge >= 0.3 is 0 Å².